The molecule has 1 saturated carbocycles. The molecule has 1 fully saturated rings. The first kappa shape index (κ1) is 13.5. The highest BCUT2D eigenvalue weighted by Crippen LogP contribution is 2.40. The summed E-state index contributed by atoms with van der Waals surface area (Å²) in [5, 5.41) is 4.79. The van der Waals surface area contributed by atoms with Gasteiger partial charge in [0, 0.05) is 18.7 Å². The molecule has 0 saturated heterocycles. The second-order valence-electron chi connectivity index (χ2n) is 5.50. The van der Waals surface area contributed by atoms with Crippen LogP contribution in [0, 0.1) is 5.92 Å². The van der Waals surface area contributed by atoms with E-state index in [0.29, 0.717) is 5.92 Å². The quantitative estimate of drug-likeness (QED) is 0.874. The summed E-state index contributed by atoms with van der Waals surface area (Å²) >= 11 is 0. The highest BCUT2D eigenvalue weighted by atomic mass is 16.5. The summed E-state index contributed by atoms with van der Waals surface area (Å²) in [6, 6.07) is 10.7. The maximum Gasteiger partial charge on any atom is 0.0794 e. The molecule has 2 aromatic rings. The van der Waals surface area contributed by atoms with Gasteiger partial charge in [0.15, 0.2) is 0 Å². The van der Waals surface area contributed by atoms with Gasteiger partial charge in [-0.2, -0.15) is 0 Å². The molecule has 1 aromatic carbocycles. The van der Waals surface area contributed by atoms with Crippen molar-refractivity contribution in [1.82, 2.24) is 10.3 Å². The van der Waals surface area contributed by atoms with E-state index >= 15 is 0 Å². The lowest BCUT2D eigenvalue weighted by molar-refractivity contribution is 0.0515. The number of hydrogen-bond acceptors (Lipinski definition) is 3. The minimum atomic E-state index is 0.219. The Bertz CT molecular complexity index is 575. The number of hydrogen-bond donors (Lipinski definition) is 1. The Labute approximate surface area is 120 Å². The van der Waals surface area contributed by atoms with Gasteiger partial charge in [-0.1, -0.05) is 31.2 Å². The first-order chi connectivity index (χ1) is 9.85. The monoisotopic (exact) mass is 270 g/mol. The molecule has 106 valence electrons. The van der Waals surface area contributed by atoms with Gasteiger partial charge in [-0.3, -0.25) is 4.98 Å². The van der Waals surface area contributed by atoms with Crippen LogP contribution >= 0.6 is 0 Å². The summed E-state index contributed by atoms with van der Waals surface area (Å²) in [6.45, 7) is 3.08. The van der Waals surface area contributed by atoms with E-state index in [1.165, 1.54) is 23.8 Å². The molecule has 3 heteroatoms. The second kappa shape index (κ2) is 5.90. The van der Waals surface area contributed by atoms with E-state index in [1.807, 2.05) is 19.4 Å². The molecule has 1 heterocycles. The lowest BCUT2D eigenvalue weighted by Crippen LogP contribution is -2.35. The van der Waals surface area contributed by atoms with Crippen LogP contribution in [0.3, 0.4) is 0 Å². The van der Waals surface area contributed by atoms with Crippen molar-refractivity contribution < 1.29 is 4.74 Å². The number of methoxy groups -OCH3 is 1. The smallest absolute Gasteiger partial charge is 0.0794 e. The van der Waals surface area contributed by atoms with Crippen LogP contribution in [0.15, 0.2) is 36.5 Å². The SMILES string of the molecule is CCNC(c1cccc2cccnc12)C(OC)C1CC1. The van der Waals surface area contributed by atoms with Crippen molar-refractivity contribution in [3.05, 3.63) is 42.1 Å². The minimum Gasteiger partial charge on any atom is -0.379 e. The summed E-state index contributed by atoms with van der Waals surface area (Å²) < 4.78 is 5.80. The molecule has 1 aliphatic rings. The molecule has 3 rings (SSSR count). The van der Waals surface area contributed by atoms with E-state index in [1.54, 1.807) is 0 Å². The Balaban J connectivity index is 2.04. The summed E-state index contributed by atoms with van der Waals surface area (Å²) in [5.74, 6) is 0.683. The maximum absolute atomic E-state index is 5.80. The van der Waals surface area contributed by atoms with Crippen molar-refractivity contribution in [2.45, 2.75) is 31.9 Å². The molecule has 0 radical (unpaired) electrons. The van der Waals surface area contributed by atoms with E-state index in [2.05, 4.69) is 41.5 Å². The van der Waals surface area contributed by atoms with Crippen molar-refractivity contribution in [3.8, 4) is 0 Å². The second-order valence-corrected chi connectivity index (χ2v) is 5.50. The molecule has 3 nitrogen and oxygen atoms in total. The van der Waals surface area contributed by atoms with E-state index in [-0.39, 0.29) is 12.1 Å². The molecule has 0 spiro atoms. The van der Waals surface area contributed by atoms with Gasteiger partial charge in [0.1, 0.15) is 0 Å². The Morgan fingerprint density at radius 1 is 1.30 bits per heavy atom. The van der Waals surface area contributed by atoms with E-state index in [4.69, 9.17) is 4.74 Å². The predicted octanol–water partition coefficient (Wildman–Crippen LogP) is 3.31. The van der Waals surface area contributed by atoms with Crippen molar-refractivity contribution in [3.63, 3.8) is 0 Å². The zero-order valence-electron chi connectivity index (χ0n) is 12.2. The van der Waals surface area contributed by atoms with Crippen LogP contribution in [-0.2, 0) is 4.74 Å². The fourth-order valence-corrected chi connectivity index (χ4v) is 3.03. The number of nitrogens with one attached hydrogen (secondary N) is 1. The number of benzene rings is 1. The average Bonchev–Trinajstić information content (AvgIpc) is 3.31. The molecule has 1 N–H and O–H groups in total. The highest BCUT2D eigenvalue weighted by Gasteiger charge is 2.37. The van der Waals surface area contributed by atoms with Crippen LogP contribution in [0.25, 0.3) is 10.9 Å². The molecule has 20 heavy (non-hydrogen) atoms. The number of ether oxygens (including phenoxy) is 1. The largest absolute Gasteiger partial charge is 0.379 e. The Morgan fingerprint density at radius 3 is 2.80 bits per heavy atom. The van der Waals surface area contributed by atoms with Crippen LogP contribution in [0.2, 0.25) is 0 Å². The predicted molar refractivity (Wildman–Crippen MR) is 81.7 cm³/mol. The number of para-hydroxylation sites is 1. The molecule has 0 bridgehead atoms. The van der Waals surface area contributed by atoms with E-state index < -0.39 is 0 Å². The fraction of sp³-hybridized carbons (Fsp3) is 0.471. The lowest BCUT2D eigenvalue weighted by atomic mass is 9.95. The zero-order valence-corrected chi connectivity index (χ0v) is 12.2. The van der Waals surface area contributed by atoms with Gasteiger partial charge < -0.3 is 10.1 Å². The van der Waals surface area contributed by atoms with Crippen LogP contribution in [0.5, 0.6) is 0 Å². The van der Waals surface area contributed by atoms with Crippen LogP contribution in [0.4, 0.5) is 0 Å². The third kappa shape index (κ3) is 2.56. The standard InChI is InChI=1S/C17H22N2O/c1-3-18-16(17(20-2)13-9-10-13)14-8-4-6-12-7-5-11-19-15(12)14/h4-8,11,13,16-18H,3,9-10H2,1-2H3. The van der Waals surface area contributed by atoms with Gasteiger partial charge in [-0.05, 0) is 36.9 Å². The topological polar surface area (TPSA) is 34.2 Å². The Hall–Kier alpha value is -1.45. The van der Waals surface area contributed by atoms with Crippen molar-refractivity contribution in [2.75, 3.05) is 13.7 Å². The number of aromatic nitrogens is 1. The van der Waals surface area contributed by atoms with E-state index in [9.17, 15) is 0 Å². The molecule has 2 unspecified atom stereocenters. The van der Waals surface area contributed by atoms with E-state index in [0.717, 1.165) is 12.1 Å². The van der Waals surface area contributed by atoms with Crippen molar-refractivity contribution >= 4 is 10.9 Å². The van der Waals surface area contributed by atoms with Crippen LogP contribution < -0.4 is 5.32 Å². The molecular weight excluding hydrogens is 248 g/mol. The van der Waals surface area contributed by atoms with Crippen LogP contribution in [-0.4, -0.2) is 24.7 Å². The van der Waals surface area contributed by atoms with Gasteiger partial charge in [-0.15, -0.1) is 0 Å². The molecule has 0 aliphatic heterocycles. The molecule has 1 aliphatic carbocycles. The first-order valence-corrected chi connectivity index (χ1v) is 7.45. The van der Waals surface area contributed by atoms with Gasteiger partial charge in [0.2, 0.25) is 0 Å². The van der Waals surface area contributed by atoms with Gasteiger partial charge in [-0.25, -0.2) is 0 Å². The number of likely N-dealkylation sites (N-methyl/N-ethyl adjacent to an activating group) is 1. The third-order valence-corrected chi connectivity index (χ3v) is 4.11. The van der Waals surface area contributed by atoms with Gasteiger partial charge in [0.25, 0.3) is 0 Å². The normalized spacial score (nSPS) is 18.1. The Morgan fingerprint density at radius 2 is 2.10 bits per heavy atom. The summed E-state index contributed by atoms with van der Waals surface area (Å²) in [7, 11) is 1.83. The minimum absolute atomic E-state index is 0.219. The number of fused-ring (bicyclic) bond motifs is 1. The number of rotatable bonds is 6. The summed E-state index contributed by atoms with van der Waals surface area (Å²) in [5.41, 5.74) is 2.34. The molecular formula is C17H22N2O. The molecule has 1 aromatic heterocycles. The lowest BCUT2D eigenvalue weighted by Gasteiger charge is -2.28. The summed E-state index contributed by atoms with van der Waals surface area (Å²) in [4.78, 5) is 4.59. The third-order valence-electron chi connectivity index (χ3n) is 4.11. The maximum atomic E-state index is 5.80. The average molecular weight is 270 g/mol. The molecule has 0 amide bonds. The van der Waals surface area contributed by atoms with Gasteiger partial charge in [0.05, 0.1) is 17.7 Å². The van der Waals surface area contributed by atoms with Gasteiger partial charge >= 0.3 is 0 Å². The zero-order chi connectivity index (χ0) is 13.9. The highest BCUT2D eigenvalue weighted by molar-refractivity contribution is 5.82. The number of nitrogens with zero attached hydrogens (tertiary/aromatic N) is 1. The number of pyridine rings is 1. The van der Waals surface area contributed by atoms with Crippen molar-refractivity contribution in [2.24, 2.45) is 5.92 Å². The fourth-order valence-electron chi connectivity index (χ4n) is 3.03. The van der Waals surface area contributed by atoms with Crippen molar-refractivity contribution in [1.29, 1.82) is 0 Å². The Kier molecular flexibility index (Phi) is 3.99. The summed E-state index contributed by atoms with van der Waals surface area (Å²) in [6.07, 6.45) is 4.66. The van der Waals surface area contributed by atoms with Crippen LogP contribution in [0.1, 0.15) is 31.4 Å². The first-order valence-electron chi connectivity index (χ1n) is 7.45. The molecule has 2 atom stereocenters.